The number of carbonyl (C=O) groups excluding carboxylic acids is 1. The van der Waals surface area contributed by atoms with Gasteiger partial charge in [-0.15, -0.1) is 0 Å². The molecule has 0 saturated heterocycles. The molecular formula is C19H19NO6. The first kappa shape index (κ1) is 17.8. The van der Waals surface area contributed by atoms with E-state index in [9.17, 15) is 24.9 Å². The zero-order valence-corrected chi connectivity index (χ0v) is 14.1. The van der Waals surface area contributed by atoms with Crippen molar-refractivity contribution in [1.82, 2.24) is 5.32 Å². The number of aliphatic carboxylic acids is 1. The zero-order chi connectivity index (χ0) is 18.9. The average Bonchev–Trinajstić information content (AvgIpc) is 2.62. The number of hydrogen-bond donors (Lipinski definition) is 4. The van der Waals surface area contributed by atoms with Gasteiger partial charge in [0.05, 0.1) is 0 Å². The van der Waals surface area contributed by atoms with Crippen molar-refractivity contribution in [2.45, 2.75) is 31.5 Å². The minimum atomic E-state index is -1.60. The molecule has 0 fully saturated rings. The number of phenolic OH excluding ortho intramolecular Hbond substituents is 2. The third-order valence-corrected chi connectivity index (χ3v) is 4.56. The van der Waals surface area contributed by atoms with Gasteiger partial charge in [-0.3, -0.25) is 10.1 Å². The van der Waals surface area contributed by atoms with Gasteiger partial charge in [-0.05, 0) is 42.2 Å². The molecule has 1 heterocycles. The third-order valence-electron chi connectivity index (χ3n) is 4.56. The molecule has 0 saturated carbocycles. The van der Waals surface area contributed by atoms with E-state index in [0.717, 1.165) is 5.56 Å². The molecule has 136 valence electrons. The number of rotatable bonds is 4. The molecule has 7 heteroatoms. The maximum absolute atomic E-state index is 12.5. The largest absolute Gasteiger partial charge is 0.504 e. The van der Waals surface area contributed by atoms with Crippen molar-refractivity contribution in [3.05, 3.63) is 59.2 Å². The Balaban J connectivity index is 1.85. The lowest BCUT2D eigenvalue weighted by Gasteiger charge is -2.37. The molecule has 0 aromatic heterocycles. The van der Waals surface area contributed by atoms with Crippen LogP contribution in [-0.4, -0.2) is 33.3 Å². The van der Waals surface area contributed by atoms with E-state index in [0.29, 0.717) is 11.1 Å². The van der Waals surface area contributed by atoms with E-state index in [1.54, 1.807) is 0 Å². The van der Waals surface area contributed by atoms with Gasteiger partial charge in [-0.25, -0.2) is 4.79 Å². The average molecular weight is 357 g/mol. The van der Waals surface area contributed by atoms with Gasteiger partial charge in [0.1, 0.15) is 18.2 Å². The van der Waals surface area contributed by atoms with Crippen LogP contribution in [0, 0.1) is 0 Å². The molecule has 1 aliphatic heterocycles. The number of aromatic hydroxyl groups is 2. The second-order valence-corrected chi connectivity index (χ2v) is 6.42. The number of esters is 1. The first-order chi connectivity index (χ1) is 12.3. The molecule has 26 heavy (non-hydrogen) atoms. The first-order valence-electron chi connectivity index (χ1n) is 8.08. The summed E-state index contributed by atoms with van der Waals surface area (Å²) in [5.74, 6) is -2.57. The second kappa shape index (κ2) is 6.68. The Kier molecular flexibility index (Phi) is 4.56. The van der Waals surface area contributed by atoms with E-state index in [-0.39, 0.29) is 18.8 Å². The molecule has 1 aliphatic rings. The van der Waals surface area contributed by atoms with Crippen LogP contribution in [0.2, 0.25) is 0 Å². The van der Waals surface area contributed by atoms with E-state index in [2.05, 4.69) is 5.32 Å². The number of carboxylic acids is 1. The molecule has 2 atom stereocenters. The fourth-order valence-electron chi connectivity index (χ4n) is 3.10. The van der Waals surface area contributed by atoms with E-state index >= 15 is 0 Å². The van der Waals surface area contributed by atoms with Crippen molar-refractivity contribution in [2.75, 3.05) is 0 Å². The van der Waals surface area contributed by atoms with E-state index in [4.69, 9.17) is 4.74 Å². The topological polar surface area (TPSA) is 116 Å². The quantitative estimate of drug-likeness (QED) is 0.486. The van der Waals surface area contributed by atoms with Crippen molar-refractivity contribution >= 4 is 11.9 Å². The Morgan fingerprint density at radius 1 is 1.19 bits per heavy atom. The van der Waals surface area contributed by atoms with E-state index in [1.165, 1.54) is 19.1 Å². The van der Waals surface area contributed by atoms with Crippen molar-refractivity contribution in [1.29, 1.82) is 0 Å². The van der Waals surface area contributed by atoms with Crippen LogP contribution >= 0.6 is 0 Å². The van der Waals surface area contributed by atoms with E-state index in [1.807, 2.05) is 30.3 Å². The molecule has 4 N–H and O–H groups in total. The van der Waals surface area contributed by atoms with Crippen LogP contribution < -0.4 is 5.32 Å². The van der Waals surface area contributed by atoms with Crippen LogP contribution in [0.5, 0.6) is 11.5 Å². The monoisotopic (exact) mass is 357 g/mol. The Labute approximate surface area is 149 Å². The second-order valence-electron chi connectivity index (χ2n) is 6.42. The van der Waals surface area contributed by atoms with Crippen molar-refractivity contribution in [2.24, 2.45) is 0 Å². The Hall–Kier alpha value is -3.06. The molecule has 0 spiro atoms. The fraction of sp³-hybridized carbons (Fsp3) is 0.263. The van der Waals surface area contributed by atoms with Crippen molar-refractivity contribution in [3.8, 4) is 11.5 Å². The number of benzene rings is 2. The van der Waals surface area contributed by atoms with Gasteiger partial charge in [-0.2, -0.15) is 0 Å². The molecule has 7 nitrogen and oxygen atoms in total. The maximum atomic E-state index is 12.5. The number of hydrogen-bond acceptors (Lipinski definition) is 6. The predicted octanol–water partition coefficient (Wildman–Crippen LogP) is 1.66. The summed E-state index contributed by atoms with van der Waals surface area (Å²) in [5.41, 5.74) is -0.0199. The number of ether oxygens (including phenoxy) is 1. The minimum Gasteiger partial charge on any atom is -0.504 e. The Bertz CT molecular complexity index is 851. The molecule has 0 unspecified atom stereocenters. The lowest BCUT2D eigenvalue weighted by molar-refractivity contribution is -0.151. The smallest absolute Gasteiger partial charge is 0.328 e. The molecule has 0 aliphatic carbocycles. The number of nitrogens with one attached hydrogen (secondary N) is 1. The molecule has 0 bridgehead atoms. The van der Waals surface area contributed by atoms with Crippen LogP contribution in [0.25, 0.3) is 0 Å². The fourth-order valence-corrected chi connectivity index (χ4v) is 3.10. The van der Waals surface area contributed by atoms with Gasteiger partial charge >= 0.3 is 11.9 Å². The van der Waals surface area contributed by atoms with Crippen LogP contribution in [0.1, 0.15) is 23.6 Å². The molecule has 0 radical (unpaired) electrons. The van der Waals surface area contributed by atoms with Crippen LogP contribution in [0.4, 0.5) is 0 Å². The molecule has 0 amide bonds. The van der Waals surface area contributed by atoms with Gasteiger partial charge in [0.2, 0.25) is 0 Å². The summed E-state index contributed by atoms with van der Waals surface area (Å²) in [7, 11) is 0. The standard InChI is InChI=1S/C19H19NO6/c1-19(18(24)25)13-9-16(22)15(21)8-12(13)7-14(20-19)17(23)26-10-11-5-3-2-4-6-11/h2-6,8-9,14,20-22H,7,10H2,1H3,(H,24,25)/t14-,19+/m0/s1. The van der Waals surface area contributed by atoms with Gasteiger partial charge in [0.25, 0.3) is 0 Å². The number of carbonyl (C=O) groups is 2. The van der Waals surface area contributed by atoms with Crippen LogP contribution in [0.15, 0.2) is 42.5 Å². The van der Waals surface area contributed by atoms with Gasteiger partial charge < -0.3 is 20.1 Å². The van der Waals surface area contributed by atoms with Crippen LogP contribution in [0.3, 0.4) is 0 Å². The van der Waals surface area contributed by atoms with Gasteiger partial charge in [0, 0.05) is 0 Å². The van der Waals surface area contributed by atoms with Gasteiger partial charge in [0.15, 0.2) is 11.5 Å². The third kappa shape index (κ3) is 3.21. The van der Waals surface area contributed by atoms with Crippen molar-refractivity contribution < 1.29 is 29.6 Å². The molecule has 2 aromatic rings. The number of fused-ring (bicyclic) bond motifs is 1. The highest BCUT2D eigenvalue weighted by Gasteiger charge is 2.45. The summed E-state index contributed by atoms with van der Waals surface area (Å²) >= 11 is 0. The van der Waals surface area contributed by atoms with Crippen molar-refractivity contribution in [3.63, 3.8) is 0 Å². The summed E-state index contributed by atoms with van der Waals surface area (Å²) in [4.78, 5) is 24.3. The predicted molar refractivity (Wildman–Crippen MR) is 91.6 cm³/mol. The first-order valence-corrected chi connectivity index (χ1v) is 8.08. The number of carboxylic acid groups (broad SMARTS) is 1. The van der Waals surface area contributed by atoms with Crippen LogP contribution in [-0.2, 0) is 32.9 Å². The van der Waals surface area contributed by atoms with E-state index < -0.39 is 29.3 Å². The highest BCUT2D eigenvalue weighted by molar-refractivity contribution is 5.85. The Morgan fingerprint density at radius 3 is 2.50 bits per heavy atom. The molecular weight excluding hydrogens is 338 g/mol. The minimum absolute atomic E-state index is 0.0787. The zero-order valence-electron chi connectivity index (χ0n) is 14.1. The van der Waals surface area contributed by atoms with Gasteiger partial charge in [-0.1, -0.05) is 30.3 Å². The summed E-state index contributed by atoms with van der Waals surface area (Å²) < 4.78 is 5.30. The normalized spacial score (nSPS) is 21.7. The summed E-state index contributed by atoms with van der Waals surface area (Å²) in [6.45, 7) is 1.48. The molecule has 2 aromatic carbocycles. The maximum Gasteiger partial charge on any atom is 0.328 e. The number of phenols is 2. The SMILES string of the molecule is C[C@@]1(C(=O)O)N[C@H](C(=O)OCc2ccccc2)Cc2cc(O)c(O)cc21. The Morgan fingerprint density at radius 2 is 1.85 bits per heavy atom. The lowest BCUT2D eigenvalue weighted by atomic mass is 9.80. The summed E-state index contributed by atoms with van der Waals surface area (Å²) in [5, 5.41) is 31.9. The highest BCUT2D eigenvalue weighted by atomic mass is 16.5. The highest BCUT2D eigenvalue weighted by Crippen LogP contribution is 2.38. The summed E-state index contributed by atoms with van der Waals surface area (Å²) in [6.07, 6.45) is 0.139. The lowest BCUT2D eigenvalue weighted by Crippen LogP contribution is -2.58. The molecule has 3 rings (SSSR count). The summed E-state index contributed by atoms with van der Waals surface area (Å²) in [6, 6.07) is 10.7.